The molecular weight excluding hydrogens is 340 g/mol. The number of benzene rings is 1. The molecule has 1 fully saturated rings. The summed E-state index contributed by atoms with van der Waals surface area (Å²) < 4.78 is 0.854. The van der Waals surface area contributed by atoms with Crippen LogP contribution in [0, 0.1) is 0 Å². The number of rotatable bonds is 2. The van der Waals surface area contributed by atoms with Gasteiger partial charge in [-0.25, -0.2) is 0 Å². The van der Waals surface area contributed by atoms with E-state index in [-0.39, 0.29) is 24.0 Å². The zero-order chi connectivity index (χ0) is 14.9. The fourth-order valence-corrected chi connectivity index (χ4v) is 3.29. The minimum Gasteiger partial charge on any atom is -0.332 e. The first-order chi connectivity index (χ1) is 9.41. The first-order valence-electron chi connectivity index (χ1n) is 6.93. The number of carbonyl (C=O) groups excluding carboxylic acids is 1. The van der Waals surface area contributed by atoms with E-state index in [4.69, 9.17) is 17.3 Å². The molecule has 3 nitrogen and oxygen atoms in total. The Morgan fingerprint density at radius 3 is 2.75 bits per heavy atom. The third-order valence-corrected chi connectivity index (χ3v) is 5.00. The Kier molecular flexibility index (Phi) is 5.10. The van der Waals surface area contributed by atoms with Crippen molar-refractivity contribution in [2.45, 2.75) is 51.2 Å². The van der Waals surface area contributed by atoms with E-state index >= 15 is 0 Å². The second-order valence-corrected chi connectivity index (χ2v) is 6.83. The van der Waals surface area contributed by atoms with Gasteiger partial charge in [-0.05, 0) is 60.3 Å². The molecule has 0 spiro atoms. The van der Waals surface area contributed by atoms with Gasteiger partial charge in [-0.2, -0.15) is 0 Å². The van der Waals surface area contributed by atoms with Gasteiger partial charge in [0, 0.05) is 23.0 Å². The van der Waals surface area contributed by atoms with E-state index in [9.17, 15) is 4.79 Å². The van der Waals surface area contributed by atoms with Crippen LogP contribution in [-0.2, 0) is 4.79 Å². The van der Waals surface area contributed by atoms with Crippen molar-refractivity contribution < 1.29 is 4.79 Å². The Morgan fingerprint density at radius 1 is 1.45 bits per heavy atom. The van der Waals surface area contributed by atoms with Gasteiger partial charge in [0.1, 0.15) is 0 Å². The molecule has 1 aromatic carbocycles. The topological polar surface area (TPSA) is 46.3 Å². The van der Waals surface area contributed by atoms with Crippen LogP contribution in [0.2, 0.25) is 5.02 Å². The Hall–Kier alpha value is -0.580. The number of nitrogens with two attached hydrogens (primary N) is 1. The van der Waals surface area contributed by atoms with Gasteiger partial charge in [-0.15, -0.1) is 0 Å². The van der Waals surface area contributed by atoms with Crippen LogP contribution in [0.1, 0.15) is 44.7 Å². The molecule has 1 saturated heterocycles. The molecular formula is C15H20BrClN2O. The van der Waals surface area contributed by atoms with Crippen LogP contribution in [0.15, 0.2) is 22.7 Å². The summed E-state index contributed by atoms with van der Waals surface area (Å²) in [5.41, 5.74) is 7.35. The standard InChI is InChI=1S/C15H20BrClN2O/c1-9(2)19-14(20)5-3-4-13(18)15(19)10-6-7-11(16)12(17)8-10/h6-9,13,15H,3-5,18H2,1-2H3. The number of nitrogens with zero attached hydrogens (tertiary/aromatic N) is 1. The molecule has 1 heterocycles. The predicted octanol–water partition coefficient (Wildman–Crippen LogP) is 3.89. The number of hydrogen-bond acceptors (Lipinski definition) is 2. The van der Waals surface area contributed by atoms with Gasteiger partial charge in [-0.1, -0.05) is 17.7 Å². The molecule has 0 saturated carbocycles. The van der Waals surface area contributed by atoms with Gasteiger partial charge < -0.3 is 10.6 Å². The van der Waals surface area contributed by atoms with Crippen molar-refractivity contribution >= 4 is 33.4 Å². The third-order valence-electron chi connectivity index (χ3n) is 3.76. The molecule has 110 valence electrons. The molecule has 1 aromatic rings. The molecule has 0 bridgehead atoms. The third kappa shape index (κ3) is 3.18. The summed E-state index contributed by atoms with van der Waals surface area (Å²) in [6, 6.07) is 5.78. The van der Waals surface area contributed by atoms with Crippen LogP contribution in [0.3, 0.4) is 0 Å². The summed E-state index contributed by atoms with van der Waals surface area (Å²) in [7, 11) is 0. The van der Waals surface area contributed by atoms with Crippen LogP contribution in [0.4, 0.5) is 0 Å². The molecule has 1 amide bonds. The zero-order valence-corrected chi connectivity index (χ0v) is 14.1. The molecule has 2 rings (SSSR count). The molecule has 1 aliphatic heterocycles. The first kappa shape index (κ1) is 15.8. The summed E-state index contributed by atoms with van der Waals surface area (Å²) in [6.07, 6.45) is 2.28. The molecule has 2 unspecified atom stereocenters. The molecule has 1 aliphatic rings. The van der Waals surface area contributed by atoms with Crippen molar-refractivity contribution in [1.29, 1.82) is 0 Å². The second-order valence-electron chi connectivity index (χ2n) is 5.57. The lowest BCUT2D eigenvalue weighted by Crippen LogP contribution is -2.45. The zero-order valence-electron chi connectivity index (χ0n) is 11.8. The maximum absolute atomic E-state index is 12.4. The maximum Gasteiger partial charge on any atom is 0.223 e. The molecule has 0 aliphatic carbocycles. The van der Waals surface area contributed by atoms with Crippen molar-refractivity contribution in [3.05, 3.63) is 33.3 Å². The predicted molar refractivity (Wildman–Crippen MR) is 85.7 cm³/mol. The van der Waals surface area contributed by atoms with Crippen LogP contribution in [-0.4, -0.2) is 22.9 Å². The number of carbonyl (C=O) groups is 1. The quantitative estimate of drug-likeness (QED) is 0.870. The van der Waals surface area contributed by atoms with Crippen LogP contribution in [0.5, 0.6) is 0 Å². The second kappa shape index (κ2) is 6.46. The lowest BCUT2D eigenvalue weighted by Gasteiger charge is -2.37. The van der Waals surface area contributed by atoms with E-state index in [1.54, 1.807) is 0 Å². The smallest absolute Gasteiger partial charge is 0.223 e. The highest BCUT2D eigenvalue weighted by Crippen LogP contribution is 2.34. The van der Waals surface area contributed by atoms with Crippen molar-refractivity contribution in [1.82, 2.24) is 4.90 Å². The van der Waals surface area contributed by atoms with Gasteiger partial charge in [0.25, 0.3) is 0 Å². The normalized spacial score (nSPS) is 24.1. The van der Waals surface area contributed by atoms with Crippen LogP contribution >= 0.6 is 27.5 Å². The van der Waals surface area contributed by atoms with E-state index in [1.807, 2.05) is 36.9 Å². The SMILES string of the molecule is CC(C)N1C(=O)CCCC(N)C1c1ccc(Br)c(Cl)c1. The molecule has 2 N–H and O–H groups in total. The highest BCUT2D eigenvalue weighted by atomic mass is 79.9. The van der Waals surface area contributed by atoms with Crippen LogP contribution < -0.4 is 5.73 Å². The number of hydrogen-bond donors (Lipinski definition) is 1. The number of likely N-dealkylation sites (tertiary alicyclic amines) is 1. The summed E-state index contributed by atoms with van der Waals surface area (Å²) in [6.45, 7) is 4.06. The molecule has 20 heavy (non-hydrogen) atoms. The Morgan fingerprint density at radius 2 is 2.15 bits per heavy atom. The molecule has 0 aromatic heterocycles. The number of amides is 1. The largest absolute Gasteiger partial charge is 0.332 e. The minimum atomic E-state index is -0.101. The van der Waals surface area contributed by atoms with Gasteiger partial charge in [0.15, 0.2) is 0 Å². The van der Waals surface area contributed by atoms with Gasteiger partial charge in [-0.3, -0.25) is 4.79 Å². The van der Waals surface area contributed by atoms with E-state index in [0.29, 0.717) is 11.4 Å². The van der Waals surface area contributed by atoms with E-state index in [2.05, 4.69) is 15.9 Å². The highest BCUT2D eigenvalue weighted by molar-refractivity contribution is 9.10. The maximum atomic E-state index is 12.4. The summed E-state index contributed by atoms with van der Waals surface area (Å²) in [5, 5.41) is 0.648. The molecule has 2 atom stereocenters. The molecule has 0 radical (unpaired) electrons. The van der Waals surface area contributed by atoms with Crippen molar-refractivity contribution in [3.8, 4) is 0 Å². The van der Waals surface area contributed by atoms with E-state index in [1.165, 1.54) is 0 Å². The monoisotopic (exact) mass is 358 g/mol. The lowest BCUT2D eigenvalue weighted by molar-refractivity contribution is -0.135. The Balaban J connectivity index is 2.45. The fraction of sp³-hybridized carbons (Fsp3) is 0.533. The van der Waals surface area contributed by atoms with Gasteiger partial charge in [0.05, 0.1) is 11.1 Å². The van der Waals surface area contributed by atoms with Crippen molar-refractivity contribution in [2.75, 3.05) is 0 Å². The lowest BCUT2D eigenvalue weighted by atomic mass is 9.95. The number of halogens is 2. The average Bonchev–Trinajstić information content (AvgIpc) is 2.52. The van der Waals surface area contributed by atoms with Gasteiger partial charge >= 0.3 is 0 Å². The van der Waals surface area contributed by atoms with E-state index in [0.717, 1.165) is 22.9 Å². The first-order valence-corrected chi connectivity index (χ1v) is 8.10. The van der Waals surface area contributed by atoms with Crippen molar-refractivity contribution in [3.63, 3.8) is 0 Å². The Labute approximate surface area is 133 Å². The Bertz CT molecular complexity index is 507. The highest BCUT2D eigenvalue weighted by Gasteiger charge is 2.34. The van der Waals surface area contributed by atoms with Crippen molar-refractivity contribution in [2.24, 2.45) is 5.73 Å². The minimum absolute atomic E-state index is 0.0545. The van der Waals surface area contributed by atoms with Gasteiger partial charge in [0.2, 0.25) is 5.91 Å². The average molecular weight is 360 g/mol. The van der Waals surface area contributed by atoms with E-state index < -0.39 is 0 Å². The summed E-state index contributed by atoms with van der Waals surface area (Å²) in [4.78, 5) is 14.3. The summed E-state index contributed by atoms with van der Waals surface area (Å²) >= 11 is 9.59. The summed E-state index contributed by atoms with van der Waals surface area (Å²) in [5.74, 6) is 0.178. The fourth-order valence-electron chi connectivity index (χ4n) is 2.85. The molecule has 5 heteroatoms. The van der Waals surface area contributed by atoms with Crippen LogP contribution in [0.25, 0.3) is 0 Å².